The van der Waals surface area contributed by atoms with E-state index in [0.29, 0.717) is 20.7 Å². The molecule has 37 heavy (non-hydrogen) atoms. The Kier molecular flexibility index (Phi) is 6.30. The number of H-pyrrole nitrogens is 1. The van der Waals surface area contributed by atoms with Crippen molar-refractivity contribution in [2.75, 3.05) is 33.7 Å². The largest absolute Gasteiger partial charge is 0.708 e. The number of aromatic nitrogens is 3. The molecule has 0 saturated carbocycles. The lowest BCUT2D eigenvalue weighted by atomic mass is 10.1. The van der Waals surface area contributed by atoms with Crippen LogP contribution >= 0.6 is 11.6 Å². The van der Waals surface area contributed by atoms with Crippen molar-refractivity contribution in [1.82, 2.24) is 24.1 Å². The molecule has 0 spiro atoms. The highest BCUT2D eigenvalue weighted by atomic mass is 35.5. The zero-order valence-corrected chi connectivity index (χ0v) is 21.5. The Morgan fingerprint density at radius 2 is 2.05 bits per heavy atom. The standard InChI is InChI=1S/C23H23ClN6O6S/c1-27(2)20(31)12-16-13-28(37(34,35)19-11-14-10-15(24)5-6-17(14)26-19)8-9-29(16)22(32)23-30(33)21-18(36-23)4-3-7-25-21/h3-7,10-11,16,26H,8-9,12-13H2,1-2H3. The summed E-state index contributed by atoms with van der Waals surface area (Å²) in [4.78, 5) is 35.5. The third-order valence-corrected chi connectivity index (χ3v) is 8.33. The number of nitrogens with zero attached hydrogens (tertiary/aromatic N) is 5. The predicted octanol–water partition coefficient (Wildman–Crippen LogP) is 1.59. The molecule has 1 saturated heterocycles. The van der Waals surface area contributed by atoms with Gasteiger partial charge in [-0.15, -0.1) is 0 Å². The van der Waals surface area contributed by atoms with Gasteiger partial charge in [-0.3, -0.25) is 9.59 Å². The smallest absolute Gasteiger partial charge is 0.372 e. The molecule has 194 valence electrons. The minimum absolute atomic E-state index is 0.0250. The molecule has 0 radical (unpaired) electrons. The summed E-state index contributed by atoms with van der Waals surface area (Å²) in [5, 5.41) is 13.8. The van der Waals surface area contributed by atoms with Gasteiger partial charge in [0.25, 0.3) is 10.0 Å². The van der Waals surface area contributed by atoms with Crippen molar-refractivity contribution in [3.8, 4) is 0 Å². The topological polar surface area (TPSA) is 147 Å². The van der Waals surface area contributed by atoms with Crippen LogP contribution in [0.2, 0.25) is 5.02 Å². The average Bonchev–Trinajstić information content (AvgIpc) is 3.45. The molecule has 1 fully saturated rings. The van der Waals surface area contributed by atoms with Crippen molar-refractivity contribution in [3.63, 3.8) is 0 Å². The van der Waals surface area contributed by atoms with E-state index in [1.54, 1.807) is 38.4 Å². The second-order valence-electron chi connectivity index (χ2n) is 8.90. The van der Waals surface area contributed by atoms with Gasteiger partial charge < -0.3 is 24.4 Å². The molecule has 12 nitrogen and oxygen atoms in total. The molecule has 1 atom stereocenters. The highest BCUT2D eigenvalue weighted by molar-refractivity contribution is 7.89. The van der Waals surface area contributed by atoms with E-state index in [0.717, 1.165) is 0 Å². The first kappa shape index (κ1) is 25.0. The molecule has 0 aliphatic carbocycles. The summed E-state index contributed by atoms with van der Waals surface area (Å²) in [5.41, 5.74) is 0.698. The van der Waals surface area contributed by atoms with Crippen molar-refractivity contribution in [2.24, 2.45) is 0 Å². The molecule has 5 rings (SSSR count). The van der Waals surface area contributed by atoms with Crippen LogP contribution in [0.25, 0.3) is 22.1 Å². The Morgan fingerprint density at radius 1 is 1.27 bits per heavy atom. The maximum atomic E-state index is 13.5. The van der Waals surface area contributed by atoms with Crippen molar-refractivity contribution < 1.29 is 27.2 Å². The van der Waals surface area contributed by atoms with Gasteiger partial charge in [0.05, 0.1) is 6.04 Å². The summed E-state index contributed by atoms with van der Waals surface area (Å²) in [5.74, 6) is -1.55. The second kappa shape index (κ2) is 9.32. The molecule has 1 aliphatic heterocycles. The molecule has 1 aliphatic rings. The molecule has 2 amide bonds. The number of nitrogens with one attached hydrogen (secondary N) is 1. The molecular weight excluding hydrogens is 524 g/mol. The SMILES string of the molecule is CN(C)C(=O)CC1CN(S(=O)(=O)c2cc3cc(Cl)ccc3[nH]2)CCN1C(=O)c1oc2cccnc2[n+]1[O-]. The van der Waals surface area contributed by atoms with Crippen LogP contribution in [0.4, 0.5) is 0 Å². The number of halogens is 1. The molecular formula is C23H23ClN6O6S. The van der Waals surface area contributed by atoms with Gasteiger partial charge in [0.2, 0.25) is 11.5 Å². The molecule has 1 aromatic carbocycles. The maximum absolute atomic E-state index is 13.5. The van der Waals surface area contributed by atoms with Gasteiger partial charge in [0, 0.05) is 56.1 Å². The molecule has 1 N–H and O–H groups in total. The van der Waals surface area contributed by atoms with Gasteiger partial charge in [0.1, 0.15) is 11.2 Å². The number of oxazole rings is 1. The van der Waals surface area contributed by atoms with Gasteiger partial charge in [-0.25, -0.2) is 8.42 Å². The number of hydrogen-bond acceptors (Lipinski definition) is 7. The van der Waals surface area contributed by atoms with Crippen LogP contribution < -0.4 is 4.73 Å². The van der Waals surface area contributed by atoms with Gasteiger partial charge in [-0.1, -0.05) is 11.6 Å². The first-order valence-electron chi connectivity index (χ1n) is 11.3. The highest BCUT2D eigenvalue weighted by Crippen LogP contribution is 2.27. The summed E-state index contributed by atoms with van der Waals surface area (Å²) in [6.45, 7) is -0.255. The molecule has 14 heteroatoms. The molecule has 4 heterocycles. The Balaban J connectivity index is 1.46. The zero-order chi connectivity index (χ0) is 26.5. The third kappa shape index (κ3) is 4.49. The number of sulfonamides is 1. The number of carbonyl (C=O) groups is 2. The van der Waals surface area contributed by atoms with Gasteiger partial charge >= 0.3 is 17.4 Å². The average molecular weight is 547 g/mol. The van der Waals surface area contributed by atoms with Gasteiger partial charge in [-0.2, -0.15) is 9.04 Å². The first-order chi connectivity index (χ1) is 17.6. The fourth-order valence-corrected chi connectivity index (χ4v) is 6.00. The number of fused-ring (bicyclic) bond motifs is 2. The number of carbonyl (C=O) groups excluding carboxylic acids is 2. The Morgan fingerprint density at radius 3 is 2.78 bits per heavy atom. The van der Waals surface area contributed by atoms with E-state index >= 15 is 0 Å². The minimum atomic E-state index is -4.00. The quantitative estimate of drug-likeness (QED) is 0.295. The van der Waals surface area contributed by atoms with E-state index in [-0.39, 0.29) is 48.2 Å². The van der Waals surface area contributed by atoms with E-state index < -0.39 is 27.9 Å². The van der Waals surface area contributed by atoms with E-state index in [1.807, 2.05) is 0 Å². The molecule has 0 bridgehead atoms. The van der Waals surface area contributed by atoms with Crippen LogP contribution in [0.15, 0.2) is 52.0 Å². The first-order valence-corrected chi connectivity index (χ1v) is 13.1. The van der Waals surface area contributed by atoms with E-state index in [2.05, 4.69) is 9.97 Å². The van der Waals surface area contributed by atoms with E-state index in [4.69, 9.17) is 16.0 Å². The fourth-order valence-electron chi connectivity index (χ4n) is 4.34. The number of hydrogen-bond donors (Lipinski definition) is 1. The van der Waals surface area contributed by atoms with Crippen LogP contribution in [0.3, 0.4) is 0 Å². The summed E-state index contributed by atoms with van der Waals surface area (Å²) in [6.07, 6.45) is 1.26. The minimum Gasteiger partial charge on any atom is -0.708 e. The number of piperazine rings is 1. The van der Waals surface area contributed by atoms with Crippen LogP contribution in [-0.2, 0) is 14.8 Å². The number of benzene rings is 1. The third-order valence-electron chi connectivity index (χ3n) is 6.31. The number of pyridine rings is 1. The second-order valence-corrected chi connectivity index (χ2v) is 11.2. The van der Waals surface area contributed by atoms with Crippen LogP contribution in [0, 0.1) is 5.21 Å². The summed E-state index contributed by atoms with van der Waals surface area (Å²) < 4.78 is 34.0. The predicted molar refractivity (Wildman–Crippen MR) is 133 cm³/mol. The van der Waals surface area contributed by atoms with Crippen molar-refractivity contribution in [2.45, 2.75) is 17.5 Å². The van der Waals surface area contributed by atoms with Crippen LogP contribution in [0.1, 0.15) is 17.1 Å². The lowest BCUT2D eigenvalue weighted by Gasteiger charge is -2.40. The van der Waals surface area contributed by atoms with Crippen molar-refractivity contribution in [3.05, 3.63) is 58.7 Å². The van der Waals surface area contributed by atoms with Crippen LogP contribution in [-0.4, -0.2) is 84.1 Å². The Labute approximate surface area is 216 Å². The normalized spacial score (nSPS) is 16.9. The lowest BCUT2D eigenvalue weighted by molar-refractivity contribution is -0.588. The molecule has 4 aromatic rings. The number of rotatable bonds is 5. The number of aromatic amines is 1. The molecule has 3 aromatic heterocycles. The Hall–Kier alpha value is -3.68. The van der Waals surface area contributed by atoms with Crippen LogP contribution in [0.5, 0.6) is 0 Å². The number of amides is 2. The van der Waals surface area contributed by atoms with Crippen molar-refractivity contribution >= 4 is 55.6 Å². The zero-order valence-electron chi connectivity index (χ0n) is 19.9. The fraction of sp³-hybridized carbons (Fsp3) is 0.304. The van der Waals surface area contributed by atoms with E-state index in [1.165, 1.54) is 32.4 Å². The highest BCUT2D eigenvalue weighted by Gasteiger charge is 2.41. The monoisotopic (exact) mass is 546 g/mol. The summed E-state index contributed by atoms with van der Waals surface area (Å²) >= 11 is 6.03. The maximum Gasteiger partial charge on any atom is 0.372 e. The van der Waals surface area contributed by atoms with E-state index in [9.17, 15) is 23.2 Å². The lowest BCUT2D eigenvalue weighted by Crippen LogP contribution is -2.58. The van der Waals surface area contributed by atoms with Gasteiger partial charge in [-0.05, 0) is 41.4 Å². The summed E-state index contributed by atoms with van der Waals surface area (Å²) in [6, 6.07) is 8.73. The Bertz CT molecular complexity index is 1630. The van der Waals surface area contributed by atoms with Crippen molar-refractivity contribution in [1.29, 1.82) is 0 Å². The summed E-state index contributed by atoms with van der Waals surface area (Å²) in [7, 11) is -0.862. The van der Waals surface area contributed by atoms with Gasteiger partial charge in [0.15, 0.2) is 0 Å². The molecule has 1 unspecified atom stereocenters.